The van der Waals surface area contributed by atoms with E-state index in [1.165, 1.54) is 12.1 Å². The Kier molecular flexibility index (Phi) is 6.32. The van der Waals surface area contributed by atoms with Gasteiger partial charge in [0.1, 0.15) is 5.82 Å². The van der Waals surface area contributed by atoms with Crippen molar-refractivity contribution in [1.82, 2.24) is 25.1 Å². The quantitative estimate of drug-likeness (QED) is 0.627. The normalized spacial score (nSPS) is 14.6. The topological polar surface area (TPSA) is 67.2 Å². The number of carbonyl (C=O) groups excluding carboxylic acids is 1. The molecule has 1 saturated heterocycles. The third kappa shape index (κ3) is 5.00. The van der Waals surface area contributed by atoms with Gasteiger partial charge < -0.3 is 9.80 Å². The lowest BCUT2D eigenvalue weighted by molar-refractivity contribution is -0.131. The van der Waals surface area contributed by atoms with E-state index in [0.29, 0.717) is 31.8 Å². The van der Waals surface area contributed by atoms with Gasteiger partial charge in [-0.2, -0.15) is 4.80 Å². The molecule has 30 heavy (non-hydrogen) atoms. The van der Waals surface area contributed by atoms with Gasteiger partial charge in [-0.15, -0.1) is 10.2 Å². The third-order valence-electron chi connectivity index (χ3n) is 5.27. The van der Waals surface area contributed by atoms with E-state index < -0.39 is 0 Å². The maximum absolute atomic E-state index is 13.1. The summed E-state index contributed by atoms with van der Waals surface area (Å²) in [5, 5.41) is 12.6. The highest BCUT2D eigenvalue weighted by molar-refractivity contribution is 5.76. The zero-order valence-electron chi connectivity index (χ0n) is 16.8. The van der Waals surface area contributed by atoms with Crippen LogP contribution < -0.4 is 4.90 Å². The molecule has 0 atom stereocenters. The Balaban J connectivity index is 1.24. The molecule has 1 aliphatic rings. The molecule has 0 unspecified atom stereocenters. The van der Waals surface area contributed by atoms with Crippen LogP contribution in [0.5, 0.6) is 0 Å². The SMILES string of the molecule is O=C(CCCn1nnc(-c2ccccc2)n1)N1CCCN(c2ccc(F)cc2)CC1. The van der Waals surface area contributed by atoms with Crippen LogP contribution in [0.1, 0.15) is 19.3 Å². The summed E-state index contributed by atoms with van der Waals surface area (Å²) in [6.45, 7) is 3.59. The lowest BCUT2D eigenvalue weighted by atomic mass is 10.2. The molecular formula is C22H25FN6O. The van der Waals surface area contributed by atoms with E-state index in [0.717, 1.165) is 37.3 Å². The van der Waals surface area contributed by atoms with Crippen molar-refractivity contribution in [2.45, 2.75) is 25.8 Å². The van der Waals surface area contributed by atoms with Crippen LogP contribution in [0.2, 0.25) is 0 Å². The fourth-order valence-electron chi connectivity index (χ4n) is 3.65. The van der Waals surface area contributed by atoms with E-state index in [4.69, 9.17) is 0 Å². The predicted molar refractivity (Wildman–Crippen MR) is 112 cm³/mol. The minimum Gasteiger partial charge on any atom is -0.370 e. The van der Waals surface area contributed by atoms with Gasteiger partial charge in [0, 0.05) is 43.9 Å². The summed E-state index contributed by atoms with van der Waals surface area (Å²) < 4.78 is 13.1. The Labute approximate surface area is 175 Å². The van der Waals surface area contributed by atoms with Crippen molar-refractivity contribution in [3.8, 4) is 11.4 Å². The predicted octanol–water partition coefficient (Wildman–Crippen LogP) is 3.00. The highest BCUT2D eigenvalue weighted by atomic mass is 19.1. The number of anilines is 1. The first-order valence-corrected chi connectivity index (χ1v) is 10.3. The number of benzene rings is 2. The summed E-state index contributed by atoms with van der Waals surface area (Å²) in [5.41, 5.74) is 1.92. The largest absolute Gasteiger partial charge is 0.370 e. The number of aromatic nitrogens is 4. The average Bonchev–Trinajstić information content (AvgIpc) is 3.11. The molecule has 4 rings (SSSR count). The van der Waals surface area contributed by atoms with Gasteiger partial charge in [0.05, 0.1) is 6.54 Å². The summed E-state index contributed by atoms with van der Waals surface area (Å²) >= 11 is 0. The number of rotatable bonds is 6. The summed E-state index contributed by atoms with van der Waals surface area (Å²) in [7, 11) is 0. The molecule has 8 heteroatoms. The summed E-state index contributed by atoms with van der Waals surface area (Å²) in [5.74, 6) is 0.512. The zero-order chi connectivity index (χ0) is 20.8. The minimum absolute atomic E-state index is 0.152. The Morgan fingerprint density at radius 2 is 1.77 bits per heavy atom. The van der Waals surface area contributed by atoms with Crippen molar-refractivity contribution >= 4 is 11.6 Å². The number of aryl methyl sites for hydroxylation is 1. The van der Waals surface area contributed by atoms with Crippen LogP contribution in [0.25, 0.3) is 11.4 Å². The van der Waals surface area contributed by atoms with E-state index in [9.17, 15) is 9.18 Å². The van der Waals surface area contributed by atoms with Crippen LogP contribution in [0.4, 0.5) is 10.1 Å². The molecule has 0 bridgehead atoms. The van der Waals surface area contributed by atoms with Gasteiger partial charge in [0.15, 0.2) is 0 Å². The molecule has 1 amide bonds. The molecule has 3 aromatic rings. The van der Waals surface area contributed by atoms with Crippen molar-refractivity contribution < 1.29 is 9.18 Å². The van der Waals surface area contributed by atoms with Crippen molar-refractivity contribution in [1.29, 1.82) is 0 Å². The standard InChI is InChI=1S/C22H25FN6O/c23-19-9-11-20(12-10-19)27-13-5-14-28(17-16-27)21(30)8-4-15-29-25-22(24-26-29)18-6-2-1-3-7-18/h1-3,6-7,9-12H,4-5,8,13-17H2. The first-order chi connectivity index (χ1) is 14.7. The Morgan fingerprint density at radius 1 is 0.967 bits per heavy atom. The first kappa shape index (κ1) is 20.0. The molecule has 7 nitrogen and oxygen atoms in total. The van der Waals surface area contributed by atoms with Gasteiger partial charge in [0.25, 0.3) is 0 Å². The lowest BCUT2D eigenvalue weighted by Crippen LogP contribution is -2.35. The molecule has 156 valence electrons. The third-order valence-corrected chi connectivity index (χ3v) is 5.27. The van der Waals surface area contributed by atoms with Crippen LogP contribution in [-0.2, 0) is 11.3 Å². The van der Waals surface area contributed by atoms with Crippen LogP contribution >= 0.6 is 0 Å². The van der Waals surface area contributed by atoms with E-state index in [2.05, 4.69) is 20.3 Å². The van der Waals surface area contributed by atoms with Crippen molar-refractivity contribution in [2.75, 3.05) is 31.1 Å². The van der Waals surface area contributed by atoms with Gasteiger partial charge >= 0.3 is 0 Å². The Morgan fingerprint density at radius 3 is 2.57 bits per heavy atom. The van der Waals surface area contributed by atoms with Crippen LogP contribution in [0, 0.1) is 5.82 Å². The molecule has 2 aromatic carbocycles. The molecule has 0 radical (unpaired) electrons. The highest BCUT2D eigenvalue weighted by Crippen LogP contribution is 2.17. The Bertz CT molecular complexity index is 959. The van der Waals surface area contributed by atoms with E-state index in [1.54, 1.807) is 16.9 Å². The van der Waals surface area contributed by atoms with Gasteiger partial charge in [-0.25, -0.2) is 4.39 Å². The van der Waals surface area contributed by atoms with Gasteiger partial charge in [-0.05, 0) is 42.3 Å². The summed E-state index contributed by atoms with van der Waals surface area (Å²) in [6.07, 6.45) is 2.02. The van der Waals surface area contributed by atoms with Crippen LogP contribution in [-0.4, -0.2) is 57.2 Å². The summed E-state index contributed by atoms with van der Waals surface area (Å²) in [4.78, 5) is 18.3. The zero-order valence-corrected chi connectivity index (χ0v) is 16.8. The first-order valence-electron chi connectivity index (χ1n) is 10.3. The number of halogens is 1. The van der Waals surface area contributed by atoms with E-state index in [-0.39, 0.29) is 11.7 Å². The van der Waals surface area contributed by atoms with Crippen molar-refractivity contribution in [2.24, 2.45) is 0 Å². The molecular weight excluding hydrogens is 383 g/mol. The molecule has 0 N–H and O–H groups in total. The molecule has 0 aliphatic carbocycles. The van der Waals surface area contributed by atoms with Crippen LogP contribution in [0.3, 0.4) is 0 Å². The second-order valence-corrected chi connectivity index (χ2v) is 7.38. The lowest BCUT2D eigenvalue weighted by Gasteiger charge is -2.23. The van der Waals surface area contributed by atoms with Gasteiger partial charge in [-0.1, -0.05) is 30.3 Å². The molecule has 1 aliphatic heterocycles. The second-order valence-electron chi connectivity index (χ2n) is 7.38. The number of amides is 1. The molecule has 1 fully saturated rings. The van der Waals surface area contributed by atoms with Crippen molar-refractivity contribution in [3.05, 3.63) is 60.4 Å². The maximum atomic E-state index is 13.1. The Hall–Kier alpha value is -3.29. The molecule has 2 heterocycles. The number of tetrazole rings is 1. The van der Waals surface area contributed by atoms with Gasteiger partial charge in [-0.3, -0.25) is 4.79 Å². The van der Waals surface area contributed by atoms with Crippen molar-refractivity contribution in [3.63, 3.8) is 0 Å². The average molecular weight is 408 g/mol. The molecule has 1 aromatic heterocycles. The molecule has 0 spiro atoms. The fourth-order valence-corrected chi connectivity index (χ4v) is 3.65. The highest BCUT2D eigenvalue weighted by Gasteiger charge is 2.19. The maximum Gasteiger partial charge on any atom is 0.222 e. The van der Waals surface area contributed by atoms with E-state index in [1.807, 2.05) is 35.2 Å². The number of carbonyl (C=O) groups is 1. The number of hydrogen-bond acceptors (Lipinski definition) is 5. The number of nitrogens with zero attached hydrogens (tertiary/aromatic N) is 6. The minimum atomic E-state index is -0.233. The molecule has 0 saturated carbocycles. The number of hydrogen-bond donors (Lipinski definition) is 0. The van der Waals surface area contributed by atoms with E-state index >= 15 is 0 Å². The van der Waals surface area contributed by atoms with Crippen LogP contribution in [0.15, 0.2) is 54.6 Å². The smallest absolute Gasteiger partial charge is 0.222 e. The monoisotopic (exact) mass is 408 g/mol. The van der Waals surface area contributed by atoms with Gasteiger partial charge in [0.2, 0.25) is 11.7 Å². The summed E-state index contributed by atoms with van der Waals surface area (Å²) in [6, 6.07) is 16.2. The second kappa shape index (κ2) is 9.47. The fraction of sp³-hybridized carbons (Fsp3) is 0.364.